The monoisotopic (exact) mass is 234 g/mol. The van der Waals surface area contributed by atoms with E-state index in [1.54, 1.807) is 0 Å². The summed E-state index contributed by atoms with van der Waals surface area (Å²) in [4.78, 5) is 11.8. The first kappa shape index (κ1) is 13.6. The lowest BCUT2D eigenvalue weighted by atomic mass is 10.1. The molecular weight excluding hydrogens is 212 g/mol. The Morgan fingerprint density at radius 3 is 2.76 bits per heavy atom. The van der Waals surface area contributed by atoms with Crippen molar-refractivity contribution in [1.29, 1.82) is 0 Å². The topological polar surface area (TPSA) is 55.1 Å². The van der Waals surface area contributed by atoms with Crippen molar-refractivity contribution < 1.29 is 4.79 Å². The van der Waals surface area contributed by atoms with Gasteiger partial charge in [-0.1, -0.05) is 32.4 Å². The van der Waals surface area contributed by atoms with Crippen LogP contribution in [0.25, 0.3) is 0 Å². The second-order valence-electron chi connectivity index (χ2n) is 4.38. The van der Waals surface area contributed by atoms with Gasteiger partial charge >= 0.3 is 0 Å². The van der Waals surface area contributed by atoms with Gasteiger partial charge in [-0.3, -0.25) is 4.79 Å². The van der Waals surface area contributed by atoms with Gasteiger partial charge in [-0.2, -0.15) is 0 Å². The van der Waals surface area contributed by atoms with E-state index in [1.807, 2.05) is 24.3 Å². The standard InChI is InChI=1S/C14H22N2O/c1-3-6-13(4-2)16-14(17)10-11-7-5-8-12(15)9-11/h5,7-9,13H,3-4,6,10,15H2,1-2H3,(H,16,17). The predicted molar refractivity (Wildman–Crippen MR) is 71.7 cm³/mol. The summed E-state index contributed by atoms with van der Waals surface area (Å²) in [5.74, 6) is 0.0795. The summed E-state index contributed by atoms with van der Waals surface area (Å²) in [6, 6.07) is 7.78. The van der Waals surface area contributed by atoms with Crippen LogP contribution in [-0.4, -0.2) is 11.9 Å². The number of hydrogen-bond acceptors (Lipinski definition) is 2. The van der Waals surface area contributed by atoms with Gasteiger partial charge in [0.25, 0.3) is 0 Å². The van der Waals surface area contributed by atoms with Crippen LogP contribution in [-0.2, 0) is 11.2 Å². The Kier molecular flexibility index (Phi) is 5.53. The number of rotatable bonds is 6. The van der Waals surface area contributed by atoms with Crippen LogP contribution >= 0.6 is 0 Å². The number of anilines is 1. The Labute approximate surface area is 103 Å². The van der Waals surface area contributed by atoms with Crippen LogP contribution in [0.4, 0.5) is 5.69 Å². The first-order chi connectivity index (χ1) is 8.15. The molecule has 0 aliphatic heterocycles. The zero-order valence-electron chi connectivity index (χ0n) is 10.7. The molecule has 0 aliphatic carbocycles. The largest absolute Gasteiger partial charge is 0.399 e. The highest BCUT2D eigenvalue weighted by Crippen LogP contribution is 2.08. The molecule has 0 saturated heterocycles. The summed E-state index contributed by atoms with van der Waals surface area (Å²) >= 11 is 0. The maximum absolute atomic E-state index is 11.8. The third-order valence-corrected chi connectivity index (χ3v) is 2.81. The van der Waals surface area contributed by atoms with Crippen LogP contribution < -0.4 is 11.1 Å². The third kappa shape index (κ3) is 4.89. The van der Waals surface area contributed by atoms with E-state index in [0.29, 0.717) is 18.2 Å². The molecule has 0 spiro atoms. The van der Waals surface area contributed by atoms with Crippen molar-refractivity contribution in [2.75, 3.05) is 5.73 Å². The number of carbonyl (C=O) groups is 1. The third-order valence-electron chi connectivity index (χ3n) is 2.81. The fourth-order valence-corrected chi connectivity index (χ4v) is 1.89. The number of carbonyl (C=O) groups excluding carboxylic acids is 1. The van der Waals surface area contributed by atoms with Gasteiger partial charge in [-0.05, 0) is 30.5 Å². The fraction of sp³-hybridized carbons (Fsp3) is 0.500. The van der Waals surface area contributed by atoms with E-state index in [4.69, 9.17) is 5.73 Å². The van der Waals surface area contributed by atoms with E-state index in [1.165, 1.54) is 0 Å². The summed E-state index contributed by atoms with van der Waals surface area (Å²) in [6.45, 7) is 4.23. The van der Waals surface area contributed by atoms with Crippen molar-refractivity contribution in [1.82, 2.24) is 5.32 Å². The molecule has 0 radical (unpaired) electrons. The second-order valence-corrected chi connectivity index (χ2v) is 4.38. The van der Waals surface area contributed by atoms with E-state index >= 15 is 0 Å². The molecule has 1 aromatic rings. The van der Waals surface area contributed by atoms with Gasteiger partial charge in [0, 0.05) is 11.7 Å². The van der Waals surface area contributed by atoms with Crippen LogP contribution in [0.3, 0.4) is 0 Å². The summed E-state index contributed by atoms with van der Waals surface area (Å²) in [5, 5.41) is 3.06. The Morgan fingerprint density at radius 2 is 2.18 bits per heavy atom. The molecule has 1 atom stereocenters. The Bertz CT molecular complexity index is 363. The van der Waals surface area contributed by atoms with Gasteiger partial charge in [-0.15, -0.1) is 0 Å². The molecule has 0 bridgehead atoms. The molecule has 1 unspecified atom stereocenters. The molecule has 0 fully saturated rings. The molecular formula is C14H22N2O. The van der Waals surface area contributed by atoms with Gasteiger partial charge < -0.3 is 11.1 Å². The van der Waals surface area contributed by atoms with Crippen LogP contribution in [0.2, 0.25) is 0 Å². The highest BCUT2D eigenvalue weighted by atomic mass is 16.1. The molecule has 0 saturated carbocycles. The van der Waals surface area contributed by atoms with Crippen molar-refractivity contribution in [3.8, 4) is 0 Å². The summed E-state index contributed by atoms with van der Waals surface area (Å²) in [7, 11) is 0. The van der Waals surface area contributed by atoms with E-state index in [0.717, 1.165) is 24.8 Å². The average Bonchev–Trinajstić information content (AvgIpc) is 2.28. The lowest BCUT2D eigenvalue weighted by molar-refractivity contribution is -0.121. The molecule has 3 nitrogen and oxygen atoms in total. The van der Waals surface area contributed by atoms with Gasteiger partial charge in [0.05, 0.1) is 6.42 Å². The van der Waals surface area contributed by atoms with Crippen LogP contribution in [0, 0.1) is 0 Å². The van der Waals surface area contributed by atoms with E-state index in [-0.39, 0.29) is 5.91 Å². The predicted octanol–water partition coefficient (Wildman–Crippen LogP) is 2.51. The maximum atomic E-state index is 11.8. The quantitative estimate of drug-likeness (QED) is 0.743. The van der Waals surface area contributed by atoms with Gasteiger partial charge in [0.1, 0.15) is 0 Å². The summed E-state index contributed by atoms with van der Waals surface area (Å²) in [5.41, 5.74) is 7.35. The molecule has 17 heavy (non-hydrogen) atoms. The van der Waals surface area contributed by atoms with Crippen LogP contribution in [0.15, 0.2) is 24.3 Å². The molecule has 94 valence electrons. The van der Waals surface area contributed by atoms with Crippen LogP contribution in [0.5, 0.6) is 0 Å². The van der Waals surface area contributed by atoms with Crippen molar-refractivity contribution >= 4 is 11.6 Å². The molecule has 3 heteroatoms. The molecule has 0 aliphatic rings. The Hall–Kier alpha value is -1.51. The number of hydrogen-bond donors (Lipinski definition) is 2. The summed E-state index contributed by atoms with van der Waals surface area (Å²) < 4.78 is 0. The van der Waals surface area contributed by atoms with E-state index < -0.39 is 0 Å². The Balaban J connectivity index is 2.49. The first-order valence-corrected chi connectivity index (χ1v) is 6.29. The number of nitrogens with one attached hydrogen (secondary N) is 1. The highest BCUT2D eigenvalue weighted by molar-refractivity contribution is 5.79. The van der Waals surface area contributed by atoms with E-state index in [9.17, 15) is 4.79 Å². The normalized spacial score (nSPS) is 12.1. The Morgan fingerprint density at radius 1 is 1.41 bits per heavy atom. The number of nitrogens with two attached hydrogens (primary N) is 1. The smallest absolute Gasteiger partial charge is 0.224 e. The minimum absolute atomic E-state index is 0.0795. The lowest BCUT2D eigenvalue weighted by Gasteiger charge is -2.16. The number of nitrogen functional groups attached to an aromatic ring is 1. The van der Waals surface area contributed by atoms with Gasteiger partial charge in [0.15, 0.2) is 0 Å². The van der Waals surface area contributed by atoms with Crippen molar-refractivity contribution in [2.24, 2.45) is 0 Å². The van der Waals surface area contributed by atoms with Gasteiger partial charge in [0.2, 0.25) is 5.91 Å². The zero-order chi connectivity index (χ0) is 12.7. The van der Waals surface area contributed by atoms with Crippen molar-refractivity contribution in [3.05, 3.63) is 29.8 Å². The first-order valence-electron chi connectivity index (χ1n) is 6.29. The maximum Gasteiger partial charge on any atom is 0.224 e. The zero-order valence-corrected chi connectivity index (χ0v) is 10.7. The lowest BCUT2D eigenvalue weighted by Crippen LogP contribution is -2.35. The molecule has 1 aromatic carbocycles. The fourth-order valence-electron chi connectivity index (χ4n) is 1.89. The highest BCUT2D eigenvalue weighted by Gasteiger charge is 2.09. The molecule has 0 heterocycles. The molecule has 0 aromatic heterocycles. The van der Waals surface area contributed by atoms with Gasteiger partial charge in [-0.25, -0.2) is 0 Å². The van der Waals surface area contributed by atoms with Crippen molar-refractivity contribution in [2.45, 2.75) is 45.6 Å². The molecule has 1 amide bonds. The number of amides is 1. The van der Waals surface area contributed by atoms with Crippen LogP contribution in [0.1, 0.15) is 38.7 Å². The second kappa shape index (κ2) is 6.94. The SMILES string of the molecule is CCCC(CC)NC(=O)Cc1cccc(N)c1. The van der Waals surface area contributed by atoms with E-state index in [2.05, 4.69) is 19.2 Å². The minimum atomic E-state index is 0.0795. The average molecular weight is 234 g/mol. The number of benzene rings is 1. The molecule has 1 rings (SSSR count). The summed E-state index contributed by atoms with van der Waals surface area (Å²) in [6.07, 6.45) is 3.53. The molecule has 3 N–H and O–H groups in total. The van der Waals surface area contributed by atoms with Crippen molar-refractivity contribution in [3.63, 3.8) is 0 Å². The minimum Gasteiger partial charge on any atom is -0.399 e.